The molecule has 3 N–H and O–H groups in total. The average Bonchev–Trinajstić information content (AvgIpc) is 1.98. The molecule has 84 valence electrons. The topological polar surface area (TPSA) is 98.5 Å². The summed E-state index contributed by atoms with van der Waals surface area (Å²) in [6, 6.07) is -0.907. The highest BCUT2D eigenvalue weighted by Gasteiger charge is 2.23. The molecule has 0 amide bonds. The molecule has 0 heterocycles. The second kappa shape index (κ2) is 5.28. The van der Waals surface area contributed by atoms with E-state index in [4.69, 9.17) is 5.14 Å². The molecule has 0 fully saturated rings. The molecule has 1 atom stereocenters. The van der Waals surface area contributed by atoms with Crippen molar-refractivity contribution in [3.63, 3.8) is 0 Å². The van der Waals surface area contributed by atoms with Crippen LogP contribution in [0, 0.1) is 5.92 Å². The van der Waals surface area contributed by atoms with E-state index in [1.54, 1.807) is 0 Å². The lowest BCUT2D eigenvalue weighted by atomic mass is 10.1. The summed E-state index contributed by atoms with van der Waals surface area (Å²) >= 11 is 0. The minimum absolute atomic E-state index is 0.161. The fraction of sp³-hybridized carbons (Fsp3) is 0.857. The first-order chi connectivity index (χ1) is 6.26. The van der Waals surface area contributed by atoms with Crippen molar-refractivity contribution in [2.24, 2.45) is 11.1 Å². The zero-order valence-electron chi connectivity index (χ0n) is 8.48. The third-order valence-corrected chi connectivity index (χ3v) is 2.11. The van der Waals surface area contributed by atoms with Crippen molar-refractivity contribution in [2.45, 2.75) is 26.3 Å². The largest absolute Gasteiger partial charge is 0.468 e. The summed E-state index contributed by atoms with van der Waals surface area (Å²) < 4.78 is 27.9. The molecule has 0 aromatic heterocycles. The second-order valence-electron chi connectivity index (χ2n) is 3.37. The Balaban J connectivity index is 4.48. The SMILES string of the molecule is COC(=O)C(CC(C)C)NS(N)(=O)=O. The quantitative estimate of drug-likeness (QED) is 0.607. The van der Waals surface area contributed by atoms with Crippen LogP contribution >= 0.6 is 0 Å². The first-order valence-electron chi connectivity index (χ1n) is 4.14. The molecule has 6 nitrogen and oxygen atoms in total. The van der Waals surface area contributed by atoms with E-state index in [2.05, 4.69) is 4.74 Å². The molecule has 0 spiro atoms. The van der Waals surface area contributed by atoms with Crippen LogP contribution in [0.5, 0.6) is 0 Å². The van der Waals surface area contributed by atoms with Crippen LogP contribution in [-0.2, 0) is 19.7 Å². The predicted molar refractivity (Wildman–Crippen MR) is 51.5 cm³/mol. The zero-order chi connectivity index (χ0) is 11.4. The van der Waals surface area contributed by atoms with Gasteiger partial charge in [0.2, 0.25) is 0 Å². The number of carbonyl (C=O) groups excluding carboxylic acids is 1. The zero-order valence-corrected chi connectivity index (χ0v) is 9.30. The molecular formula is C7H16N2O4S. The molecule has 7 heteroatoms. The molecule has 0 aromatic carbocycles. The van der Waals surface area contributed by atoms with E-state index >= 15 is 0 Å². The second-order valence-corrected chi connectivity index (χ2v) is 4.69. The molecule has 0 aliphatic rings. The maximum Gasteiger partial charge on any atom is 0.323 e. The molecule has 0 aromatic rings. The van der Waals surface area contributed by atoms with Gasteiger partial charge >= 0.3 is 5.97 Å². The van der Waals surface area contributed by atoms with Crippen molar-refractivity contribution < 1.29 is 17.9 Å². The lowest BCUT2D eigenvalue weighted by molar-refractivity contribution is -0.143. The van der Waals surface area contributed by atoms with Crippen LogP contribution in [0.2, 0.25) is 0 Å². The number of esters is 1. The molecule has 0 aliphatic heterocycles. The molecular weight excluding hydrogens is 208 g/mol. The number of nitrogens with one attached hydrogen (secondary N) is 1. The standard InChI is InChI=1S/C7H16N2O4S/c1-5(2)4-6(7(10)13-3)9-14(8,11)12/h5-6,9H,4H2,1-3H3,(H2,8,11,12). The van der Waals surface area contributed by atoms with Crippen molar-refractivity contribution in [1.29, 1.82) is 0 Å². The van der Waals surface area contributed by atoms with Crippen molar-refractivity contribution in [2.75, 3.05) is 7.11 Å². The summed E-state index contributed by atoms with van der Waals surface area (Å²) in [6.45, 7) is 3.72. The Morgan fingerprint density at radius 3 is 2.29 bits per heavy atom. The van der Waals surface area contributed by atoms with E-state index in [1.165, 1.54) is 7.11 Å². The lowest BCUT2D eigenvalue weighted by Gasteiger charge is -2.16. The van der Waals surface area contributed by atoms with Crippen LogP contribution in [-0.4, -0.2) is 27.5 Å². The van der Waals surface area contributed by atoms with Gasteiger partial charge in [0.25, 0.3) is 10.2 Å². The number of methoxy groups -OCH3 is 1. The number of hydrogen-bond donors (Lipinski definition) is 2. The summed E-state index contributed by atoms with van der Waals surface area (Å²) in [7, 11) is -2.68. The monoisotopic (exact) mass is 224 g/mol. The van der Waals surface area contributed by atoms with Crippen LogP contribution < -0.4 is 9.86 Å². The number of nitrogens with two attached hydrogens (primary N) is 1. The summed E-state index contributed by atoms with van der Waals surface area (Å²) in [5.41, 5.74) is 0. The van der Waals surface area contributed by atoms with Crippen LogP contribution in [0.1, 0.15) is 20.3 Å². The third-order valence-electron chi connectivity index (χ3n) is 1.50. The van der Waals surface area contributed by atoms with E-state index in [0.717, 1.165) is 0 Å². The van der Waals surface area contributed by atoms with Crippen molar-refractivity contribution in [3.8, 4) is 0 Å². The van der Waals surface area contributed by atoms with E-state index in [1.807, 2.05) is 18.6 Å². The summed E-state index contributed by atoms with van der Waals surface area (Å²) in [4.78, 5) is 11.1. The molecule has 14 heavy (non-hydrogen) atoms. The molecule has 0 saturated carbocycles. The predicted octanol–water partition coefficient (Wildman–Crippen LogP) is -0.633. The fourth-order valence-electron chi connectivity index (χ4n) is 1.00. The van der Waals surface area contributed by atoms with Gasteiger partial charge in [0.15, 0.2) is 0 Å². The third kappa shape index (κ3) is 5.90. The van der Waals surface area contributed by atoms with Gasteiger partial charge in [0.1, 0.15) is 6.04 Å². The van der Waals surface area contributed by atoms with Crippen molar-refractivity contribution in [3.05, 3.63) is 0 Å². The average molecular weight is 224 g/mol. The highest BCUT2D eigenvalue weighted by Crippen LogP contribution is 2.06. The molecule has 0 bridgehead atoms. The Labute approximate surface area is 84.0 Å². The first kappa shape index (κ1) is 13.3. The Kier molecular flexibility index (Phi) is 5.03. The Morgan fingerprint density at radius 1 is 1.50 bits per heavy atom. The normalized spacial score (nSPS) is 14.1. The van der Waals surface area contributed by atoms with Gasteiger partial charge < -0.3 is 4.74 Å². The Bertz CT molecular complexity index is 286. The van der Waals surface area contributed by atoms with Gasteiger partial charge in [0, 0.05) is 0 Å². The van der Waals surface area contributed by atoms with E-state index < -0.39 is 22.2 Å². The maximum absolute atomic E-state index is 11.1. The number of ether oxygens (including phenoxy) is 1. The van der Waals surface area contributed by atoms with Gasteiger partial charge in [-0.25, -0.2) is 5.14 Å². The highest BCUT2D eigenvalue weighted by atomic mass is 32.2. The summed E-state index contributed by atoms with van der Waals surface area (Å²) in [5, 5.41) is 4.76. The summed E-state index contributed by atoms with van der Waals surface area (Å²) in [5.74, 6) is -0.471. The molecule has 0 saturated heterocycles. The van der Waals surface area contributed by atoms with E-state index in [0.29, 0.717) is 6.42 Å². The maximum atomic E-state index is 11.1. The lowest BCUT2D eigenvalue weighted by Crippen LogP contribution is -2.45. The Hall–Kier alpha value is -0.660. The van der Waals surface area contributed by atoms with Gasteiger partial charge in [-0.3, -0.25) is 4.79 Å². The van der Waals surface area contributed by atoms with Gasteiger partial charge in [-0.05, 0) is 12.3 Å². The molecule has 0 aliphatic carbocycles. The van der Waals surface area contributed by atoms with E-state index in [-0.39, 0.29) is 5.92 Å². The molecule has 0 rings (SSSR count). The minimum atomic E-state index is -3.87. The van der Waals surface area contributed by atoms with Crippen molar-refractivity contribution in [1.82, 2.24) is 4.72 Å². The minimum Gasteiger partial charge on any atom is -0.468 e. The van der Waals surface area contributed by atoms with Gasteiger partial charge in [0.05, 0.1) is 7.11 Å². The fourth-order valence-corrected chi connectivity index (χ4v) is 1.59. The van der Waals surface area contributed by atoms with Gasteiger partial charge in [-0.1, -0.05) is 13.8 Å². The van der Waals surface area contributed by atoms with Crippen LogP contribution in [0.25, 0.3) is 0 Å². The van der Waals surface area contributed by atoms with E-state index in [9.17, 15) is 13.2 Å². The van der Waals surface area contributed by atoms with Gasteiger partial charge in [-0.15, -0.1) is 0 Å². The van der Waals surface area contributed by atoms with Gasteiger partial charge in [-0.2, -0.15) is 13.1 Å². The highest BCUT2D eigenvalue weighted by molar-refractivity contribution is 7.87. The number of hydrogen-bond acceptors (Lipinski definition) is 4. The molecule has 0 radical (unpaired) electrons. The first-order valence-corrected chi connectivity index (χ1v) is 5.68. The molecule has 1 unspecified atom stereocenters. The number of rotatable bonds is 5. The number of carbonyl (C=O) groups is 1. The van der Waals surface area contributed by atoms with Crippen molar-refractivity contribution >= 4 is 16.2 Å². The van der Waals surface area contributed by atoms with Crippen LogP contribution in [0.3, 0.4) is 0 Å². The summed E-state index contributed by atoms with van der Waals surface area (Å²) in [6.07, 6.45) is 0.350. The Morgan fingerprint density at radius 2 is 2.00 bits per heavy atom. The smallest absolute Gasteiger partial charge is 0.323 e. The van der Waals surface area contributed by atoms with Crippen LogP contribution in [0.4, 0.5) is 0 Å². The van der Waals surface area contributed by atoms with Crippen LogP contribution in [0.15, 0.2) is 0 Å².